The summed E-state index contributed by atoms with van der Waals surface area (Å²) < 4.78 is 0. The third kappa shape index (κ3) is 3.48. The maximum absolute atomic E-state index is 5.93. The highest BCUT2D eigenvalue weighted by Crippen LogP contribution is 2.36. The van der Waals surface area contributed by atoms with Gasteiger partial charge in [0.2, 0.25) is 0 Å². The van der Waals surface area contributed by atoms with Crippen molar-refractivity contribution in [2.75, 3.05) is 33.7 Å². The van der Waals surface area contributed by atoms with Gasteiger partial charge in [0.05, 0.1) is 0 Å². The zero-order valence-corrected chi connectivity index (χ0v) is 13.1. The Balaban J connectivity index is 2.02. The molecule has 0 aromatic rings. The Morgan fingerprint density at radius 3 is 2.47 bits per heavy atom. The van der Waals surface area contributed by atoms with Crippen molar-refractivity contribution in [3.63, 3.8) is 0 Å². The number of hydrogen-bond acceptors (Lipinski definition) is 4. The van der Waals surface area contributed by atoms with E-state index in [0.717, 1.165) is 30.8 Å². The minimum Gasteiger partial charge on any atom is -0.303 e. The van der Waals surface area contributed by atoms with Gasteiger partial charge in [-0.2, -0.15) is 0 Å². The predicted molar refractivity (Wildman–Crippen MR) is 80.7 cm³/mol. The monoisotopic (exact) mass is 268 g/mol. The van der Waals surface area contributed by atoms with Crippen LogP contribution in [-0.2, 0) is 0 Å². The van der Waals surface area contributed by atoms with E-state index < -0.39 is 0 Å². The quantitative estimate of drug-likeness (QED) is 0.595. The van der Waals surface area contributed by atoms with Gasteiger partial charge >= 0.3 is 0 Å². The van der Waals surface area contributed by atoms with Gasteiger partial charge in [-0.05, 0) is 44.7 Å². The molecule has 2 rings (SSSR count). The average Bonchev–Trinajstić information content (AvgIpc) is 2.38. The van der Waals surface area contributed by atoms with Crippen molar-refractivity contribution in [2.24, 2.45) is 23.6 Å². The highest BCUT2D eigenvalue weighted by molar-refractivity contribution is 4.94. The lowest BCUT2D eigenvalue weighted by Crippen LogP contribution is -2.62. The lowest BCUT2D eigenvalue weighted by Gasteiger charge is -2.46. The molecule has 0 bridgehead atoms. The highest BCUT2D eigenvalue weighted by atomic mass is 15.3. The van der Waals surface area contributed by atoms with Gasteiger partial charge in [-0.15, -0.1) is 0 Å². The molecule has 1 saturated carbocycles. The Hall–Kier alpha value is -0.160. The molecule has 112 valence electrons. The number of likely N-dealkylation sites (N-methyl/N-ethyl adjacent to an activating group) is 2. The van der Waals surface area contributed by atoms with Crippen molar-refractivity contribution in [3.05, 3.63) is 0 Å². The number of nitrogens with two attached hydrogens (primary N) is 1. The first-order valence-corrected chi connectivity index (χ1v) is 7.87. The van der Waals surface area contributed by atoms with Crippen LogP contribution in [0, 0.1) is 17.8 Å². The molecular formula is C15H32N4. The summed E-state index contributed by atoms with van der Waals surface area (Å²) in [6, 6.07) is 0.983. The van der Waals surface area contributed by atoms with Gasteiger partial charge in [0.15, 0.2) is 0 Å². The van der Waals surface area contributed by atoms with Gasteiger partial charge in [0, 0.05) is 31.7 Å². The van der Waals surface area contributed by atoms with E-state index in [9.17, 15) is 0 Å². The summed E-state index contributed by atoms with van der Waals surface area (Å²) in [4.78, 5) is 4.93. The fourth-order valence-electron chi connectivity index (χ4n) is 3.91. The van der Waals surface area contributed by atoms with E-state index in [0.29, 0.717) is 12.1 Å². The van der Waals surface area contributed by atoms with E-state index in [1.807, 2.05) is 0 Å². The van der Waals surface area contributed by atoms with Crippen LogP contribution in [0.2, 0.25) is 0 Å². The molecule has 0 aromatic heterocycles. The first-order chi connectivity index (χ1) is 9.02. The van der Waals surface area contributed by atoms with Crippen LogP contribution in [0.5, 0.6) is 0 Å². The standard InChI is InChI=1S/C15H32N4/c1-11-5-6-13(9-12(11)2)15(17-16)14-10-18(3)7-8-19(14)4/h11-15,17H,5-10,16H2,1-4H3. The molecule has 0 radical (unpaired) electrons. The Morgan fingerprint density at radius 2 is 1.84 bits per heavy atom. The third-order valence-electron chi connectivity index (χ3n) is 5.65. The van der Waals surface area contributed by atoms with Gasteiger partial charge in [0.1, 0.15) is 0 Å². The minimum atomic E-state index is 0.433. The van der Waals surface area contributed by atoms with Gasteiger partial charge in [0.25, 0.3) is 0 Å². The van der Waals surface area contributed by atoms with Crippen LogP contribution in [0.1, 0.15) is 33.1 Å². The van der Waals surface area contributed by atoms with Gasteiger partial charge in [-0.1, -0.05) is 20.3 Å². The zero-order chi connectivity index (χ0) is 14.0. The fraction of sp³-hybridized carbons (Fsp3) is 1.00. The molecule has 19 heavy (non-hydrogen) atoms. The lowest BCUT2D eigenvalue weighted by atomic mass is 9.71. The topological polar surface area (TPSA) is 44.5 Å². The number of nitrogens with zero attached hydrogens (tertiary/aromatic N) is 2. The summed E-state index contributed by atoms with van der Waals surface area (Å²) in [6.45, 7) is 8.25. The van der Waals surface area contributed by atoms with E-state index in [1.165, 1.54) is 25.8 Å². The van der Waals surface area contributed by atoms with Crippen LogP contribution in [0.25, 0.3) is 0 Å². The predicted octanol–water partition coefficient (Wildman–Crippen LogP) is 1.14. The van der Waals surface area contributed by atoms with E-state index in [1.54, 1.807) is 0 Å². The second kappa shape index (κ2) is 6.53. The van der Waals surface area contributed by atoms with Gasteiger partial charge in [-0.3, -0.25) is 16.2 Å². The Bertz CT molecular complexity index is 283. The zero-order valence-electron chi connectivity index (χ0n) is 13.1. The second-order valence-corrected chi connectivity index (χ2v) is 7.03. The maximum Gasteiger partial charge on any atom is 0.0406 e. The first-order valence-electron chi connectivity index (χ1n) is 7.87. The second-order valence-electron chi connectivity index (χ2n) is 7.03. The molecule has 4 heteroatoms. The van der Waals surface area contributed by atoms with Crippen LogP contribution in [0.3, 0.4) is 0 Å². The molecule has 1 aliphatic heterocycles. The molecule has 0 amide bonds. The SMILES string of the molecule is CC1CCC(C(NN)C2CN(C)CCN2C)CC1C. The Labute approximate surface area is 118 Å². The third-order valence-corrected chi connectivity index (χ3v) is 5.65. The number of nitrogens with one attached hydrogen (secondary N) is 1. The Morgan fingerprint density at radius 1 is 1.11 bits per heavy atom. The lowest BCUT2D eigenvalue weighted by molar-refractivity contribution is 0.0507. The van der Waals surface area contributed by atoms with Gasteiger partial charge in [-0.25, -0.2) is 0 Å². The van der Waals surface area contributed by atoms with E-state index >= 15 is 0 Å². The summed E-state index contributed by atoms with van der Waals surface area (Å²) >= 11 is 0. The molecular weight excluding hydrogens is 236 g/mol. The molecule has 5 atom stereocenters. The van der Waals surface area contributed by atoms with E-state index in [2.05, 4.69) is 43.2 Å². The summed E-state index contributed by atoms with van der Waals surface area (Å²) in [7, 11) is 4.47. The summed E-state index contributed by atoms with van der Waals surface area (Å²) in [5, 5.41) is 0. The molecule has 1 heterocycles. The maximum atomic E-state index is 5.93. The van der Waals surface area contributed by atoms with Crippen molar-refractivity contribution in [1.82, 2.24) is 15.2 Å². The largest absolute Gasteiger partial charge is 0.303 e. The normalized spacial score (nSPS) is 40.3. The van der Waals surface area contributed by atoms with Crippen LogP contribution in [0.15, 0.2) is 0 Å². The van der Waals surface area contributed by atoms with Crippen LogP contribution in [0.4, 0.5) is 0 Å². The smallest absolute Gasteiger partial charge is 0.0406 e. The molecule has 4 nitrogen and oxygen atoms in total. The van der Waals surface area contributed by atoms with Crippen molar-refractivity contribution >= 4 is 0 Å². The van der Waals surface area contributed by atoms with Crippen molar-refractivity contribution in [2.45, 2.75) is 45.2 Å². The van der Waals surface area contributed by atoms with Crippen LogP contribution >= 0.6 is 0 Å². The van der Waals surface area contributed by atoms with Crippen molar-refractivity contribution < 1.29 is 0 Å². The number of hydrazine groups is 1. The fourth-order valence-corrected chi connectivity index (χ4v) is 3.91. The molecule has 0 aromatic carbocycles. The molecule has 2 aliphatic rings. The summed E-state index contributed by atoms with van der Waals surface area (Å²) in [5.41, 5.74) is 3.16. The van der Waals surface area contributed by atoms with Crippen molar-refractivity contribution in [1.29, 1.82) is 0 Å². The van der Waals surface area contributed by atoms with E-state index in [4.69, 9.17) is 5.84 Å². The van der Waals surface area contributed by atoms with Crippen LogP contribution in [-0.4, -0.2) is 55.6 Å². The highest BCUT2D eigenvalue weighted by Gasteiger charge is 2.37. The van der Waals surface area contributed by atoms with Crippen molar-refractivity contribution in [3.8, 4) is 0 Å². The van der Waals surface area contributed by atoms with Crippen LogP contribution < -0.4 is 11.3 Å². The molecule has 1 aliphatic carbocycles. The molecule has 1 saturated heterocycles. The summed E-state index contributed by atoms with van der Waals surface area (Å²) in [6.07, 6.45) is 4.01. The Kier molecular flexibility index (Phi) is 5.23. The average molecular weight is 268 g/mol. The molecule has 2 fully saturated rings. The van der Waals surface area contributed by atoms with E-state index in [-0.39, 0.29) is 0 Å². The molecule has 0 spiro atoms. The number of piperazine rings is 1. The summed E-state index contributed by atoms with van der Waals surface area (Å²) in [5.74, 6) is 8.37. The minimum absolute atomic E-state index is 0.433. The molecule has 5 unspecified atom stereocenters. The van der Waals surface area contributed by atoms with Gasteiger partial charge < -0.3 is 4.90 Å². The molecule has 3 N–H and O–H groups in total. The number of rotatable bonds is 3. The number of hydrogen-bond donors (Lipinski definition) is 2. The first kappa shape index (κ1) is 15.2.